The van der Waals surface area contributed by atoms with Crippen LogP contribution in [0, 0.1) is 0 Å². The molecule has 16 heavy (non-hydrogen) atoms. The number of pyridine rings is 1. The minimum atomic E-state index is -0.700. The van der Waals surface area contributed by atoms with E-state index in [4.69, 9.17) is 10.5 Å². The van der Waals surface area contributed by atoms with E-state index in [0.717, 1.165) is 12.8 Å². The molecule has 0 spiro atoms. The molecule has 0 saturated heterocycles. The number of hydrogen-bond acceptors (Lipinski definition) is 4. The number of aromatic nitrogens is 1. The van der Waals surface area contributed by atoms with Gasteiger partial charge in [0.05, 0.1) is 6.10 Å². The van der Waals surface area contributed by atoms with Gasteiger partial charge in [-0.05, 0) is 19.4 Å². The Morgan fingerprint density at radius 2 is 2.25 bits per heavy atom. The lowest BCUT2D eigenvalue weighted by Gasteiger charge is -2.23. The molecule has 4 heteroatoms. The third-order valence-electron chi connectivity index (χ3n) is 2.50. The third-order valence-corrected chi connectivity index (χ3v) is 2.50. The maximum atomic E-state index is 10.2. The van der Waals surface area contributed by atoms with Crippen molar-refractivity contribution in [2.75, 3.05) is 12.3 Å². The fraction of sp³-hybridized carbons (Fsp3) is 0.583. The molecule has 1 aromatic heterocycles. The van der Waals surface area contributed by atoms with E-state index >= 15 is 0 Å². The molecular weight excluding hydrogens is 204 g/mol. The van der Waals surface area contributed by atoms with E-state index in [0.29, 0.717) is 18.0 Å². The van der Waals surface area contributed by atoms with E-state index < -0.39 is 6.10 Å². The van der Waals surface area contributed by atoms with Crippen LogP contribution in [0.1, 0.15) is 38.4 Å². The first-order valence-electron chi connectivity index (χ1n) is 5.70. The molecular formula is C12H20N2O2. The van der Waals surface area contributed by atoms with Gasteiger partial charge in [0.15, 0.2) is 0 Å². The molecule has 0 bridgehead atoms. The fourth-order valence-electron chi connectivity index (χ4n) is 1.71. The second-order valence-electron chi connectivity index (χ2n) is 3.71. The molecule has 4 nitrogen and oxygen atoms in total. The second kappa shape index (κ2) is 6.45. The van der Waals surface area contributed by atoms with Crippen LogP contribution in [0.5, 0.6) is 0 Å². The van der Waals surface area contributed by atoms with Crippen molar-refractivity contribution in [3.8, 4) is 0 Å². The molecule has 0 radical (unpaired) electrons. The van der Waals surface area contributed by atoms with Crippen molar-refractivity contribution < 1.29 is 9.84 Å². The highest BCUT2D eigenvalue weighted by atomic mass is 16.5. The molecule has 0 aromatic carbocycles. The summed E-state index contributed by atoms with van der Waals surface area (Å²) in [4.78, 5) is 3.97. The van der Waals surface area contributed by atoms with Gasteiger partial charge in [0.25, 0.3) is 0 Å². The minimum absolute atomic E-state index is 0.207. The lowest BCUT2D eigenvalue weighted by Crippen LogP contribution is -2.23. The predicted molar refractivity (Wildman–Crippen MR) is 63.9 cm³/mol. The van der Waals surface area contributed by atoms with Gasteiger partial charge >= 0.3 is 0 Å². The molecule has 0 aliphatic rings. The summed E-state index contributed by atoms with van der Waals surface area (Å²) >= 11 is 0. The predicted octanol–water partition coefficient (Wildman–Crippen LogP) is 1.90. The largest absolute Gasteiger partial charge is 0.386 e. The number of nitrogens with zero attached hydrogens (tertiary/aromatic N) is 1. The molecule has 0 fully saturated rings. The van der Waals surface area contributed by atoms with Crippen molar-refractivity contribution in [2.45, 2.75) is 38.9 Å². The zero-order chi connectivity index (χ0) is 12.0. The maximum absolute atomic E-state index is 10.2. The molecule has 2 atom stereocenters. The third kappa shape index (κ3) is 3.18. The molecule has 0 aliphatic heterocycles. The van der Waals surface area contributed by atoms with Crippen LogP contribution in [0.15, 0.2) is 18.3 Å². The van der Waals surface area contributed by atoms with Gasteiger partial charge < -0.3 is 15.6 Å². The van der Waals surface area contributed by atoms with Crippen LogP contribution >= 0.6 is 0 Å². The maximum Gasteiger partial charge on any atom is 0.129 e. The average molecular weight is 224 g/mol. The molecule has 2 unspecified atom stereocenters. The van der Waals surface area contributed by atoms with Crippen molar-refractivity contribution in [3.63, 3.8) is 0 Å². The first-order chi connectivity index (χ1) is 7.70. The smallest absolute Gasteiger partial charge is 0.129 e. The van der Waals surface area contributed by atoms with Crippen LogP contribution in [0.4, 0.5) is 5.82 Å². The Balaban J connectivity index is 2.81. The molecule has 90 valence electrons. The first kappa shape index (κ1) is 12.9. The molecule has 0 amide bonds. The van der Waals surface area contributed by atoms with Crippen LogP contribution in [-0.4, -0.2) is 22.8 Å². The van der Waals surface area contributed by atoms with Gasteiger partial charge in [-0.2, -0.15) is 0 Å². The Kier molecular flexibility index (Phi) is 5.22. The van der Waals surface area contributed by atoms with Crippen molar-refractivity contribution in [1.29, 1.82) is 0 Å². The van der Waals surface area contributed by atoms with Crippen LogP contribution in [0.2, 0.25) is 0 Å². The van der Waals surface area contributed by atoms with Gasteiger partial charge in [-0.1, -0.05) is 19.4 Å². The van der Waals surface area contributed by atoms with Crippen molar-refractivity contribution in [3.05, 3.63) is 23.9 Å². The summed E-state index contributed by atoms with van der Waals surface area (Å²) in [6.45, 7) is 4.56. The highest BCUT2D eigenvalue weighted by molar-refractivity contribution is 5.40. The summed E-state index contributed by atoms with van der Waals surface area (Å²) in [5.74, 6) is 0.371. The molecule has 0 aliphatic carbocycles. The highest BCUT2D eigenvalue weighted by Gasteiger charge is 2.22. The molecule has 1 heterocycles. The van der Waals surface area contributed by atoms with Crippen LogP contribution < -0.4 is 5.73 Å². The minimum Gasteiger partial charge on any atom is -0.386 e. The van der Waals surface area contributed by atoms with E-state index in [2.05, 4.69) is 11.9 Å². The Morgan fingerprint density at radius 3 is 2.81 bits per heavy atom. The number of anilines is 1. The van der Waals surface area contributed by atoms with Gasteiger partial charge in [0, 0.05) is 18.4 Å². The molecule has 0 saturated carbocycles. The Morgan fingerprint density at radius 1 is 1.50 bits per heavy atom. The number of aliphatic hydroxyl groups excluding tert-OH is 1. The SMILES string of the molecule is CCCC(OCC)C(O)c1cccnc1N. The Hall–Kier alpha value is -1.13. The number of nitrogen functional groups attached to an aromatic ring is 1. The number of hydrogen-bond donors (Lipinski definition) is 2. The van der Waals surface area contributed by atoms with Crippen LogP contribution in [0.3, 0.4) is 0 Å². The molecule has 1 aromatic rings. The monoisotopic (exact) mass is 224 g/mol. The van der Waals surface area contributed by atoms with Gasteiger partial charge in [-0.3, -0.25) is 0 Å². The standard InChI is InChI=1S/C12H20N2O2/c1-3-6-10(16-4-2)11(15)9-7-5-8-14-12(9)13/h5,7-8,10-11,15H,3-4,6H2,1-2H3,(H2,13,14). The average Bonchev–Trinajstić information content (AvgIpc) is 2.28. The quantitative estimate of drug-likeness (QED) is 0.774. The van der Waals surface area contributed by atoms with Gasteiger partial charge in [0.1, 0.15) is 11.9 Å². The number of rotatable bonds is 6. The number of nitrogens with two attached hydrogens (primary N) is 1. The number of ether oxygens (including phenoxy) is 1. The first-order valence-corrected chi connectivity index (χ1v) is 5.70. The lowest BCUT2D eigenvalue weighted by molar-refractivity contribution is -0.0382. The Bertz CT molecular complexity index is 312. The fourth-order valence-corrected chi connectivity index (χ4v) is 1.71. The van der Waals surface area contributed by atoms with Crippen molar-refractivity contribution in [1.82, 2.24) is 4.98 Å². The summed E-state index contributed by atoms with van der Waals surface area (Å²) in [7, 11) is 0. The summed E-state index contributed by atoms with van der Waals surface area (Å²) in [5, 5.41) is 10.2. The second-order valence-corrected chi connectivity index (χ2v) is 3.71. The van der Waals surface area contributed by atoms with E-state index in [1.54, 1.807) is 18.3 Å². The van der Waals surface area contributed by atoms with E-state index in [-0.39, 0.29) is 6.10 Å². The van der Waals surface area contributed by atoms with E-state index in [1.807, 2.05) is 6.92 Å². The lowest BCUT2D eigenvalue weighted by atomic mass is 10.0. The van der Waals surface area contributed by atoms with Gasteiger partial charge in [-0.25, -0.2) is 4.98 Å². The van der Waals surface area contributed by atoms with E-state index in [1.165, 1.54) is 0 Å². The summed E-state index contributed by atoms with van der Waals surface area (Å²) in [6.07, 6.45) is 2.47. The molecule has 1 rings (SSSR count). The van der Waals surface area contributed by atoms with Gasteiger partial charge in [0.2, 0.25) is 0 Å². The summed E-state index contributed by atoms with van der Waals surface area (Å²) in [6, 6.07) is 3.55. The normalized spacial score (nSPS) is 14.7. The number of aliphatic hydroxyl groups is 1. The highest BCUT2D eigenvalue weighted by Crippen LogP contribution is 2.25. The van der Waals surface area contributed by atoms with Crippen molar-refractivity contribution in [2.24, 2.45) is 0 Å². The zero-order valence-electron chi connectivity index (χ0n) is 9.89. The summed E-state index contributed by atoms with van der Waals surface area (Å²) < 4.78 is 5.52. The van der Waals surface area contributed by atoms with E-state index in [9.17, 15) is 5.11 Å². The zero-order valence-corrected chi connectivity index (χ0v) is 9.89. The summed E-state index contributed by atoms with van der Waals surface area (Å²) in [5.41, 5.74) is 6.37. The Labute approximate surface area is 96.5 Å². The van der Waals surface area contributed by atoms with Crippen LogP contribution in [-0.2, 0) is 4.74 Å². The topological polar surface area (TPSA) is 68.4 Å². The van der Waals surface area contributed by atoms with Crippen LogP contribution in [0.25, 0.3) is 0 Å². The molecule has 3 N–H and O–H groups in total. The van der Waals surface area contributed by atoms with Gasteiger partial charge in [-0.15, -0.1) is 0 Å². The van der Waals surface area contributed by atoms with Crippen molar-refractivity contribution >= 4 is 5.82 Å².